The van der Waals surface area contributed by atoms with Gasteiger partial charge in [-0.25, -0.2) is 13.2 Å². The molecule has 1 atom stereocenters. The van der Waals surface area contributed by atoms with Crippen molar-refractivity contribution in [3.8, 4) is 11.4 Å². The van der Waals surface area contributed by atoms with Crippen LogP contribution in [0.4, 0.5) is 13.2 Å². The summed E-state index contributed by atoms with van der Waals surface area (Å²) in [5.74, 6) is -3.47. The van der Waals surface area contributed by atoms with E-state index in [1.165, 1.54) is 0 Å². The van der Waals surface area contributed by atoms with Crippen LogP contribution in [0.5, 0.6) is 0 Å². The minimum atomic E-state index is -1.51. The Hall–Kier alpha value is -1.89. The minimum Gasteiger partial charge on any atom is -0.339 e. The minimum absolute atomic E-state index is 0.0557. The maximum absolute atomic E-state index is 13.2. The third-order valence-electron chi connectivity index (χ3n) is 3.33. The van der Waals surface area contributed by atoms with Gasteiger partial charge in [-0.3, -0.25) is 0 Å². The van der Waals surface area contributed by atoms with Gasteiger partial charge in [-0.05, 0) is 31.5 Å². The molecule has 1 aromatic heterocycles. The zero-order valence-corrected chi connectivity index (χ0v) is 10.5. The normalized spacial score (nSPS) is 19.2. The largest absolute Gasteiger partial charge is 0.339 e. The van der Waals surface area contributed by atoms with Crippen molar-refractivity contribution in [2.75, 3.05) is 13.1 Å². The summed E-state index contributed by atoms with van der Waals surface area (Å²) in [6.07, 6.45) is 1.92. The summed E-state index contributed by atoms with van der Waals surface area (Å²) >= 11 is 0. The first-order chi connectivity index (χ1) is 9.65. The third kappa shape index (κ3) is 2.40. The van der Waals surface area contributed by atoms with Crippen molar-refractivity contribution in [2.24, 2.45) is 0 Å². The van der Waals surface area contributed by atoms with Crippen molar-refractivity contribution in [2.45, 2.75) is 18.8 Å². The lowest BCUT2D eigenvalue weighted by Gasteiger charge is -2.18. The van der Waals surface area contributed by atoms with E-state index in [0.717, 1.165) is 38.1 Å². The Labute approximate surface area is 113 Å². The van der Waals surface area contributed by atoms with Crippen LogP contribution in [-0.2, 0) is 0 Å². The Morgan fingerprint density at radius 3 is 2.60 bits per heavy atom. The van der Waals surface area contributed by atoms with Crippen LogP contribution in [0.1, 0.15) is 24.7 Å². The SMILES string of the molecule is Fc1cc(-c2noc(C3CCCNC3)n2)cc(F)c1F. The molecule has 0 bridgehead atoms. The van der Waals surface area contributed by atoms with Gasteiger partial charge in [-0.1, -0.05) is 5.16 Å². The van der Waals surface area contributed by atoms with E-state index in [9.17, 15) is 13.2 Å². The van der Waals surface area contributed by atoms with Gasteiger partial charge in [-0.15, -0.1) is 0 Å². The molecule has 1 fully saturated rings. The number of nitrogens with one attached hydrogen (secondary N) is 1. The van der Waals surface area contributed by atoms with E-state index >= 15 is 0 Å². The Kier molecular flexibility index (Phi) is 3.43. The maximum atomic E-state index is 13.2. The first kappa shape index (κ1) is 13.1. The molecule has 1 unspecified atom stereocenters. The highest BCUT2D eigenvalue weighted by atomic mass is 19.2. The summed E-state index contributed by atoms with van der Waals surface area (Å²) in [4.78, 5) is 4.14. The van der Waals surface area contributed by atoms with Gasteiger partial charge in [0.05, 0.1) is 5.92 Å². The lowest BCUT2D eigenvalue weighted by Crippen LogP contribution is -2.28. The average Bonchev–Trinajstić information content (AvgIpc) is 2.95. The molecule has 20 heavy (non-hydrogen) atoms. The monoisotopic (exact) mass is 283 g/mol. The van der Waals surface area contributed by atoms with Gasteiger partial charge < -0.3 is 9.84 Å². The molecule has 3 rings (SSSR count). The molecule has 1 N–H and O–H groups in total. The first-order valence-corrected chi connectivity index (χ1v) is 6.34. The van der Waals surface area contributed by atoms with Crippen LogP contribution in [0.15, 0.2) is 16.7 Å². The topological polar surface area (TPSA) is 51.0 Å². The van der Waals surface area contributed by atoms with Crippen molar-refractivity contribution >= 4 is 0 Å². The second-order valence-electron chi connectivity index (χ2n) is 4.75. The van der Waals surface area contributed by atoms with Crippen LogP contribution in [0.2, 0.25) is 0 Å². The van der Waals surface area contributed by atoms with Crippen LogP contribution in [0.3, 0.4) is 0 Å². The van der Waals surface area contributed by atoms with Crippen molar-refractivity contribution in [1.82, 2.24) is 15.5 Å². The van der Waals surface area contributed by atoms with Crippen LogP contribution < -0.4 is 5.32 Å². The Morgan fingerprint density at radius 2 is 1.95 bits per heavy atom. The number of hydrogen-bond donors (Lipinski definition) is 1. The zero-order valence-electron chi connectivity index (χ0n) is 10.5. The second-order valence-corrected chi connectivity index (χ2v) is 4.75. The number of hydrogen-bond acceptors (Lipinski definition) is 4. The molecule has 1 saturated heterocycles. The van der Waals surface area contributed by atoms with Crippen LogP contribution in [0.25, 0.3) is 11.4 Å². The fourth-order valence-corrected chi connectivity index (χ4v) is 2.27. The quantitative estimate of drug-likeness (QED) is 0.861. The number of aromatic nitrogens is 2. The van der Waals surface area contributed by atoms with Crippen molar-refractivity contribution < 1.29 is 17.7 Å². The third-order valence-corrected chi connectivity index (χ3v) is 3.33. The smallest absolute Gasteiger partial charge is 0.231 e. The fraction of sp³-hybridized carbons (Fsp3) is 0.385. The summed E-state index contributed by atoms with van der Waals surface area (Å²) in [6.45, 7) is 1.68. The van der Waals surface area contributed by atoms with E-state index < -0.39 is 17.5 Å². The lowest BCUT2D eigenvalue weighted by molar-refractivity contribution is 0.322. The Bertz CT molecular complexity index is 600. The summed E-state index contributed by atoms with van der Waals surface area (Å²) in [5.41, 5.74) is 0.0557. The number of halogens is 3. The molecule has 1 aliphatic heterocycles. The molecule has 2 aromatic rings. The van der Waals surface area contributed by atoms with Gasteiger partial charge in [0.15, 0.2) is 17.5 Å². The van der Waals surface area contributed by atoms with E-state index in [0.29, 0.717) is 5.89 Å². The molecular formula is C13H12F3N3O. The van der Waals surface area contributed by atoms with Gasteiger partial charge in [0.25, 0.3) is 0 Å². The number of nitrogens with zero attached hydrogens (tertiary/aromatic N) is 2. The zero-order chi connectivity index (χ0) is 14.1. The van der Waals surface area contributed by atoms with Crippen molar-refractivity contribution in [1.29, 1.82) is 0 Å². The lowest BCUT2D eigenvalue weighted by atomic mass is 10.00. The summed E-state index contributed by atoms with van der Waals surface area (Å²) in [7, 11) is 0. The Balaban J connectivity index is 1.89. The van der Waals surface area contributed by atoms with Gasteiger partial charge in [-0.2, -0.15) is 4.98 Å². The highest BCUT2D eigenvalue weighted by Crippen LogP contribution is 2.26. The van der Waals surface area contributed by atoms with E-state index in [4.69, 9.17) is 4.52 Å². The van der Waals surface area contributed by atoms with Crippen LogP contribution >= 0.6 is 0 Å². The standard InChI is InChI=1S/C13H12F3N3O/c14-9-4-8(5-10(15)11(9)16)12-18-13(20-19-12)7-2-1-3-17-6-7/h4-5,7,17H,1-3,6H2. The molecule has 0 spiro atoms. The predicted octanol–water partition coefficient (Wildman–Crippen LogP) is 2.62. The van der Waals surface area contributed by atoms with Crippen LogP contribution in [0, 0.1) is 17.5 Å². The van der Waals surface area contributed by atoms with Crippen molar-refractivity contribution in [3.05, 3.63) is 35.5 Å². The first-order valence-electron chi connectivity index (χ1n) is 6.34. The van der Waals surface area contributed by atoms with E-state index in [2.05, 4.69) is 15.5 Å². The summed E-state index contributed by atoms with van der Waals surface area (Å²) < 4.78 is 44.4. The highest BCUT2D eigenvalue weighted by Gasteiger charge is 2.22. The highest BCUT2D eigenvalue weighted by molar-refractivity contribution is 5.54. The predicted molar refractivity (Wildman–Crippen MR) is 64.5 cm³/mol. The molecule has 0 radical (unpaired) electrons. The Morgan fingerprint density at radius 1 is 1.20 bits per heavy atom. The number of rotatable bonds is 2. The summed E-state index contributed by atoms with van der Waals surface area (Å²) in [5, 5.41) is 6.91. The molecule has 0 saturated carbocycles. The molecule has 1 aliphatic rings. The van der Waals surface area contributed by atoms with Crippen molar-refractivity contribution in [3.63, 3.8) is 0 Å². The second kappa shape index (κ2) is 5.24. The van der Waals surface area contributed by atoms with E-state index in [1.807, 2.05) is 0 Å². The number of benzene rings is 1. The van der Waals surface area contributed by atoms with Crippen LogP contribution in [-0.4, -0.2) is 23.2 Å². The van der Waals surface area contributed by atoms with E-state index in [-0.39, 0.29) is 17.3 Å². The fourth-order valence-electron chi connectivity index (χ4n) is 2.27. The van der Waals surface area contributed by atoms with E-state index in [1.54, 1.807) is 0 Å². The summed E-state index contributed by atoms with van der Waals surface area (Å²) in [6, 6.07) is 1.71. The average molecular weight is 283 g/mol. The number of piperidine rings is 1. The molecule has 1 aromatic carbocycles. The van der Waals surface area contributed by atoms with Gasteiger partial charge in [0, 0.05) is 12.1 Å². The molecule has 4 nitrogen and oxygen atoms in total. The molecule has 0 amide bonds. The molecule has 7 heteroatoms. The molecular weight excluding hydrogens is 271 g/mol. The van der Waals surface area contributed by atoms with Gasteiger partial charge in [0.1, 0.15) is 0 Å². The van der Waals surface area contributed by atoms with Gasteiger partial charge >= 0.3 is 0 Å². The maximum Gasteiger partial charge on any atom is 0.231 e. The van der Waals surface area contributed by atoms with Gasteiger partial charge in [0.2, 0.25) is 11.7 Å². The molecule has 106 valence electrons. The molecule has 2 heterocycles. The molecule has 0 aliphatic carbocycles.